The molecule has 1 atom stereocenters. The lowest BCUT2D eigenvalue weighted by Gasteiger charge is -2.11. The molecule has 2 heterocycles. The number of anilines is 1. The van der Waals surface area contributed by atoms with Crippen LogP contribution in [0.1, 0.15) is 18.0 Å². The molecule has 1 unspecified atom stereocenters. The minimum absolute atomic E-state index is 0.229. The van der Waals surface area contributed by atoms with Crippen LogP contribution in [0, 0.1) is 6.92 Å². The van der Waals surface area contributed by atoms with Crippen molar-refractivity contribution in [2.45, 2.75) is 19.4 Å². The molecule has 1 fully saturated rings. The van der Waals surface area contributed by atoms with Crippen LogP contribution in [0.3, 0.4) is 0 Å². The fourth-order valence-electron chi connectivity index (χ4n) is 2.27. The molecule has 2 N–H and O–H groups in total. The van der Waals surface area contributed by atoms with Crippen molar-refractivity contribution in [2.75, 3.05) is 18.9 Å². The molecule has 1 aliphatic heterocycles. The summed E-state index contributed by atoms with van der Waals surface area (Å²) in [7, 11) is 0. The largest absolute Gasteiger partial charge is 0.399 e. The van der Waals surface area contributed by atoms with Crippen LogP contribution in [-0.4, -0.2) is 33.4 Å². The molecule has 1 aliphatic rings. The van der Waals surface area contributed by atoms with Crippen LogP contribution in [-0.2, 0) is 4.74 Å². The average molecular weight is 245 g/mol. The van der Waals surface area contributed by atoms with Crippen LogP contribution in [0.2, 0.25) is 0 Å². The molecule has 0 aliphatic carbocycles. The van der Waals surface area contributed by atoms with Gasteiger partial charge in [-0.25, -0.2) is 4.68 Å². The van der Waals surface area contributed by atoms with Crippen molar-refractivity contribution in [1.82, 2.24) is 20.2 Å². The van der Waals surface area contributed by atoms with Crippen molar-refractivity contribution < 1.29 is 4.74 Å². The first kappa shape index (κ1) is 11.2. The second kappa shape index (κ2) is 4.38. The van der Waals surface area contributed by atoms with Gasteiger partial charge in [0.2, 0.25) is 0 Å². The van der Waals surface area contributed by atoms with Crippen molar-refractivity contribution in [3.8, 4) is 11.4 Å². The number of nitrogens with zero attached hydrogens (tertiary/aromatic N) is 4. The molecule has 0 spiro atoms. The first-order valence-corrected chi connectivity index (χ1v) is 5.98. The topological polar surface area (TPSA) is 78.9 Å². The fourth-order valence-corrected chi connectivity index (χ4v) is 2.27. The van der Waals surface area contributed by atoms with Gasteiger partial charge in [0, 0.05) is 17.9 Å². The summed E-state index contributed by atoms with van der Waals surface area (Å²) in [6, 6.07) is 5.99. The van der Waals surface area contributed by atoms with Crippen LogP contribution in [0.25, 0.3) is 11.4 Å². The van der Waals surface area contributed by atoms with Gasteiger partial charge >= 0.3 is 0 Å². The number of ether oxygens (including phenoxy) is 1. The normalized spacial score (nSPS) is 19.3. The third kappa shape index (κ3) is 1.84. The zero-order valence-corrected chi connectivity index (χ0v) is 10.2. The Kier molecular flexibility index (Phi) is 2.71. The number of nitrogen functional groups attached to an aromatic ring is 1. The number of benzene rings is 1. The van der Waals surface area contributed by atoms with Crippen molar-refractivity contribution in [3.63, 3.8) is 0 Å². The van der Waals surface area contributed by atoms with Gasteiger partial charge in [-0.1, -0.05) is 0 Å². The second-order valence-electron chi connectivity index (χ2n) is 4.54. The lowest BCUT2D eigenvalue weighted by molar-refractivity contribution is 0.184. The standard InChI is InChI=1S/C12H15N5O/c1-8-6-9(13)2-3-11(8)12-14-15-16-17(12)10-4-5-18-7-10/h2-3,6,10H,4-5,7,13H2,1H3. The van der Waals surface area contributed by atoms with Crippen LogP contribution in [0.5, 0.6) is 0 Å². The van der Waals surface area contributed by atoms with E-state index in [0.717, 1.165) is 35.7 Å². The summed E-state index contributed by atoms with van der Waals surface area (Å²) in [6.45, 7) is 3.45. The Morgan fingerprint density at radius 1 is 1.44 bits per heavy atom. The molecule has 3 rings (SSSR count). The molecular weight excluding hydrogens is 230 g/mol. The fraction of sp³-hybridized carbons (Fsp3) is 0.417. The van der Waals surface area contributed by atoms with Crippen LogP contribution < -0.4 is 5.73 Å². The van der Waals surface area contributed by atoms with Gasteiger partial charge in [0.05, 0.1) is 12.6 Å². The third-order valence-corrected chi connectivity index (χ3v) is 3.24. The molecule has 18 heavy (non-hydrogen) atoms. The maximum Gasteiger partial charge on any atom is 0.182 e. The van der Waals surface area contributed by atoms with Gasteiger partial charge in [0.15, 0.2) is 5.82 Å². The zero-order chi connectivity index (χ0) is 12.5. The molecule has 6 heteroatoms. The van der Waals surface area contributed by atoms with Crippen molar-refractivity contribution in [2.24, 2.45) is 0 Å². The third-order valence-electron chi connectivity index (χ3n) is 3.24. The summed E-state index contributed by atoms with van der Waals surface area (Å²) >= 11 is 0. The Morgan fingerprint density at radius 2 is 2.33 bits per heavy atom. The van der Waals surface area contributed by atoms with E-state index in [1.165, 1.54) is 0 Å². The number of nitrogens with two attached hydrogens (primary N) is 1. The quantitative estimate of drug-likeness (QED) is 0.804. The lowest BCUT2D eigenvalue weighted by Crippen LogP contribution is -2.12. The summed E-state index contributed by atoms with van der Waals surface area (Å²) in [5.74, 6) is 0.781. The van der Waals surface area contributed by atoms with E-state index in [9.17, 15) is 0 Å². The summed E-state index contributed by atoms with van der Waals surface area (Å²) < 4.78 is 7.24. The molecule has 1 saturated heterocycles. The highest BCUT2D eigenvalue weighted by Gasteiger charge is 2.23. The molecule has 1 aromatic heterocycles. The Bertz CT molecular complexity index is 559. The van der Waals surface area contributed by atoms with E-state index in [1.54, 1.807) is 0 Å². The Labute approximate surface area is 105 Å². The Morgan fingerprint density at radius 3 is 3.06 bits per heavy atom. The predicted octanol–water partition coefficient (Wildman–Crippen LogP) is 1.19. The summed E-state index contributed by atoms with van der Waals surface area (Å²) in [5.41, 5.74) is 8.60. The van der Waals surface area contributed by atoms with E-state index in [1.807, 2.05) is 29.8 Å². The monoisotopic (exact) mass is 245 g/mol. The lowest BCUT2D eigenvalue weighted by atomic mass is 10.1. The molecule has 0 bridgehead atoms. The molecule has 1 aromatic carbocycles. The zero-order valence-electron chi connectivity index (χ0n) is 10.2. The number of hydrogen-bond acceptors (Lipinski definition) is 5. The first-order valence-electron chi connectivity index (χ1n) is 5.98. The van der Waals surface area contributed by atoms with E-state index < -0.39 is 0 Å². The highest BCUT2D eigenvalue weighted by atomic mass is 16.5. The van der Waals surface area contributed by atoms with Crippen molar-refractivity contribution in [1.29, 1.82) is 0 Å². The van der Waals surface area contributed by atoms with Gasteiger partial charge in [-0.2, -0.15) is 0 Å². The Hall–Kier alpha value is -1.95. The molecule has 0 saturated carbocycles. The molecule has 0 amide bonds. The highest BCUT2D eigenvalue weighted by molar-refractivity contribution is 5.63. The maximum atomic E-state index is 5.76. The van der Waals surface area contributed by atoms with Gasteiger partial charge in [0.25, 0.3) is 0 Å². The van der Waals surface area contributed by atoms with Crippen LogP contribution in [0.15, 0.2) is 18.2 Å². The van der Waals surface area contributed by atoms with E-state index >= 15 is 0 Å². The summed E-state index contributed by atoms with van der Waals surface area (Å²) in [6.07, 6.45) is 0.950. The minimum Gasteiger partial charge on any atom is -0.399 e. The molecule has 94 valence electrons. The number of tetrazole rings is 1. The number of hydrogen-bond donors (Lipinski definition) is 1. The molecule has 6 nitrogen and oxygen atoms in total. The van der Waals surface area contributed by atoms with Crippen molar-refractivity contribution >= 4 is 5.69 Å². The SMILES string of the molecule is Cc1cc(N)ccc1-c1nnnn1C1CCOC1. The molecule has 2 aromatic rings. The van der Waals surface area contributed by atoms with E-state index in [-0.39, 0.29) is 6.04 Å². The van der Waals surface area contributed by atoms with Crippen LogP contribution >= 0.6 is 0 Å². The van der Waals surface area contributed by atoms with E-state index in [2.05, 4.69) is 15.5 Å². The molecular formula is C12H15N5O. The highest BCUT2D eigenvalue weighted by Crippen LogP contribution is 2.27. The Balaban J connectivity index is 2.03. The first-order chi connectivity index (χ1) is 8.75. The number of aromatic nitrogens is 4. The van der Waals surface area contributed by atoms with Crippen molar-refractivity contribution in [3.05, 3.63) is 23.8 Å². The minimum atomic E-state index is 0.229. The smallest absolute Gasteiger partial charge is 0.182 e. The van der Waals surface area contributed by atoms with Gasteiger partial charge in [-0.05, 0) is 47.5 Å². The number of aryl methyl sites for hydroxylation is 1. The average Bonchev–Trinajstić information content (AvgIpc) is 2.98. The molecule has 0 radical (unpaired) electrons. The maximum absolute atomic E-state index is 5.76. The van der Waals surface area contributed by atoms with Gasteiger partial charge in [-0.15, -0.1) is 5.10 Å². The van der Waals surface area contributed by atoms with E-state index in [4.69, 9.17) is 10.5 Å². The van der Waals surface area contributed by atoms with E-state index in [0.29, 0.717) is 6.61 Å². The second-order valence-corrected chi connectivity index (χ2v) is 4.54. The summed E-state index contributed by atoms with van der Waals surface area (Å²) in [4.78, 5) is 0. The van der Waals surface area contributed by atoms with Gasteiger partial charge in [-0.3, -0.25) is 0 Å². The number of rotatable bonds is 2. The van der Waals surface area contributed by atoms with Gasteiger partial charge in [0.1, 0.15) is 0 Å². The van der Waals surface area contributed by atoms with Crippen LogP contribution in [0.4, 0.5) is 5.69 Å². The van der Waals surface area contributed by atoms with Gasteiger partial charge < -0.3 is 10.5 Å². The predicted molar refractivity (Wildman–Crippen MR) is 66.9 cm³/mol. The summed E-state index contributed by atoms with van der Waals surface area (Å²) in [5, 5.41) is 12.0.